The van der Waals surface area contributed by atoms with Gasteiger partial charge in [0, 0.05) is 15.4 Å². The fourth-order valence-corrected chi connectivity index (χ4v) is 5.55. The van der Waals surface area contributed by atoms with Crippen LogP contribution in [0, 0.1) is 18.5 Å². The number of amides is 1. The summed E-state index contributed by atoms with van der Waals surface area (Å²) in [6.07, 6.45) is 1.57. The molecule has 0 fully saturated rings. The van der Waals surface area contributed by atoms with E-state index in [4.69, 9.17) is 9.15 Å². The molecule has 1 aromatic heterocycles. The molecule has 0 aliphatic heterocycles. The zero-order valence-electron chi connectivity index (χ0n) is 16.8. The van der Waals surface area contributed by atoms with E-state index in [-0.39, 0.29) is 5.76 Å². The van der Waals surface area contributed by atoms with Crippen LogP contribution in [0.3, 0.4) is 0 Å². The van der Waals surface area contributed by atoms with Crippen LogP contribution in [0.5, 0.6) is 5.75 Å². The molecule has 1 N–H and O–H groups in total. The summed E-state index contributed by atoms with van der Waals surface area (Å²) < 4.78 is 14.3. The fraction of sp³-hybridized carbons (Fsp3) is 0.0417. The number of nitrogens with one attached hydrogen (secondary N) is 1. The molecule has 4 aromatic rings. The highest BCUT2D eigenvalue weighted by molar-refractivity contribution is 14.1. The number of nitrogens with zero attached hydrogens (tertiary/aromatic N) is 2. The lowest BCUT2D eigenvalue weighted by molar-refractivity contribution is 0.0929. The first-order chi connectivity index (χ1) is 15.9. The van der Waals surface area contributed by atoms with E-state index < -0.39 is 5.91 Å². The maximum Gasteiger partial charge on any atom is 0.307 e. The van der Waals surface area contributed by atoms with Crippen molar-refractivity contribution in [3.63, 3.8) is 0 Å². The van der Waals surface area contributed by atoms with Crippen LogP contribution >= 0.6 is 61.1 Å². The Hall–Kier alpha value is -2.43. The SMILES string of the molecule is N#Cc1ccccc1COc1c(I)cc(/C=N\NC(=O)c2cc3cc(Br)ccc3o2)cc1I. The summed E-state index contributed by atoms with van der Waals surface area (Å²) in [6, 6.07) is 20.6. The van der Waals surface area contributed by atoms with Crippen molar-refractivity contribution in [3.8, 4) is 11.8 Å². The monoisotopic (exact) mass is 725 g/mol. The van der Waals surface area contributed by atoms with Gasteiger partial charge in [-0.2, -0.15) is 10.4 Å². The second kappa shape index (κ2) is 10.7. The second-order valence-electron chi connectivity index (χ2n) is 6.86. The van der Waals surface area contributed by atoms with Crippen molar-refractivity contribution < 1.29 is 13.9 Å². The van der Waals surface area contributed by atoms with Gasteiger partial charge < -0.3 is 9.15 Å². The molecule has 4 rings (SSSR count). The van der Waals surface area contributed by atoms with Crippen molar-refractivity contribution in [2.45, 2.75) is 6.61 Å². The molecule has 9 heteroatoms. The van der Waals surface area contributed by atoms with Gasteiger partial charge in [-0.3, -0.25) is 4.79 Å². The quantitative estimate of drug-likeness (QED) is 0.138. The molecular weight excluding hydrogens is 712 g/mol. The highest BCUT2D eigenvalue weighted by atomic mass is 127. The largest absolute Gasteiger partial charge is 0.487 e. The number of carbonyl (C=O) groups excluding carboxylic acids is 1. The number of benzene rings is 3. The van der Waals surface area contributed by atoms with Crippen LogP contribution in [0.15, 0.2) is 74.7 Å². The minimum absolute atomic E-state index is 0.186. The van der Waals surface area contributed by atoms with Gasteiger partial charge >= 0.3 is 5.91 Å². The molecule has 0 saturated carbocycles. The average molecular weight is 726 g/mol. The predicted octanol–water partition coefficient (Wildman–Crippen LogP) is 6.62. The molecule has 0 radical (unpaired) electrons. The minimum atomic E-state index is -0.431. The molecule has 1 heterocycles. The van der Waals surface area contributed by atoms with Crippen LogP contribution in [0.2, 0.25) is 0 Å². The molecule has 0 unspecified atom stereocenters. The summed E-state index contributed by atoms with van der Waals surface area (Å²) in [5, 5.41) is 14.1. The summed E-state index contributed by atoms with van der Waals surface area (Å²) in [5.41, 5.74) is 5.36. The van der Waals surface area contributed by atoms with Crippen molar-refractivity contribution in [2.24, 2.45) is 5.10 Å². The number of carbonyl (C=O) groups is 1. The van der Waals surface area contributed by atoms with E-state index in [2.05, 4.69) is 77.7 Å². The van der Waals surface area contributed by atoms with Crippen molar-refractivity contribution in [3.05, 3.63) is 94.7 Å². The summed E-state index contributed by atoms with van der Waals surface area (Å²) in [4.78, 5) is 12.4. The van der Waals surface area contributed by atoms with Gasteiger partial charge in [0.15, 0.2) is 5.76 Å². The number of halogens is 3. The predicted molar refractivity (Wildman–Crippen MR) is 146 cm³/mol. The van der Waals surface area contributed by atoms with Crippen LogP contribution in [-0.4, -0.2) is 12.1 Å². The van der Waals surface area contributed by atoms with Gasteiger partial charge in [-0.25, -0.2) is 5.43 Å². The number of furan rings is 1. The smallest absolute Gasteiger partial charge is 0.307 e. The standard InChI is InChI=1S/C24H14BrI2N3O3/c25-18-5-6-21-17(9-18)10-22(33-21)24(31)30-29-12-14-7-19(26)23(20(27)8-14)32-13-16-4-2-1-3-15(16)11-28/h1-10,12H,13H2,(H,30,31)/b29-12-. The van der Waals surface area contributed by atoms with Crippen LogP contribution < -0.4 is 10.2 Å². The number of hydrogen-bond acceptors (Lipinski definition) is 5. The molecule has 0 aliphatic carbocycles. The van der Waals surface area contributed by atoms with Gasteiger partial charge in [0.25, 0.3) is 0 Å². The lowest BCUT2D eigenvalue weighted by Crippen LogP contribution is -2.16. The molecule has 1 amide bonds. The topological polar surface area (TPSA) is 87.6 Å². The summed E-state index contributed by atoms with van der Waals surface area (Å²) >= 11 is 7.79. The maximum absolute atomic E-state index is 12.4. The highest BCUT2D eigenvalue weighted by Gasteiger charge is 2.13. The summed E-state index contributed by atoms with van der Waals surface area (Å²) in [6.45, 7) is 0.299. The number of rotatable bonds is 6. The van der Waals surface area contributed by atoms with E-state index >= 15 is 0 Å². The van der Waals surface area contributed by atoms with Gasteiger partial charge in [0.05, 0.1) is 25.0 Å². The zero-order valence-corrected chi connectivity index (χ0v) is 22.7. The number of fused-ring (bicyclic) bond motifs is 1. The molecular formula is C24H14BrI2N3O3. The first-order valence-corrected chi connectivity index (χ1v) is 12.5. The van der Waals surface area contributed by atoms with Gasteiger partial charge in [0.2, 0.25) is 0 Å². The maximum atomic E-state index is 12.4. The first kappa shape index (κ1) is 23.7. The molecule has 0 aliphatic rings. The lowest BCUT2D eigenvalue weighted by Gasteiger charge is -2.12. The normalized spacial score (nSPS) is 11.0. The number of hydrogen-bond donors (Lipinski definition) is 1. The van der Waals surface area contributed by atoms with E-state index in [0.29, 0.717) is 17.8 Å². The van der Waals surface area contributed by atoms with Crippen molar-refractivity contribution in [2.75, 3.05) is 0 Å². The molecule has 6 nitrogen and oxygen atoms in total. The average Bonchev–Trinajstić information content (AvgIpc) is 3.22. The van der Waals surface area contributed by atoms with Gasteiger partial charge in [0.1, 0.15) is 17.9 Å². The minimum Gasteiger partial charge on any atom is -0.487 e. The number of hydrazone groups is 1. The fourth-order valence-electron chi connectivity index (χ4n) is 3.04. The molecule has 0 spiro atoms. The Kier molecular flexibility index (Phi) is 7.67. The van der Waals surface area contributed by atoms with E-state index in [9.17, 15) is 10.1 Å². The van der Waals surface area contributed by atoms with E-state index in [1.54, 1.807) is 24.4 Å². The Balaban J connectivity index is 1.43. The van der Waals surface area contributed by atoms with Crippen LogP contribution in [0.1, 0.15) is 27.2 Å². The van der Waals surface area contributed by atoms with Crippen LogP contribution in [-0.2, 0) is 6.61 Å². The summed E-state index contributed by atoms with van der Waals surface area (Å²) in [5.74, 6) is 0.489. The molecule has 0 saturated heterocycles. The second-order valence-corrected chi connectivity index (χ2v) is 10.1. The van der Waals surface area contributed by atoms with E-state index in [1.165, 1.54) is 0 Å². The number of nitriles is 1. The lowest BCUT2D eigenvalue weighted by atomic mass is 10.1. The van der Waals surface area contributed by atoms with Gasteiger partial charge in [-0.15, -0.1) is 0 Å². The molecule has 0 bridgehead atoms. The first-order valence-electron chi connectivity index (χ1n) is 9.57. The van der Waals surface area contributed by atoms with Gasteiger partial charge in [-0.1, -0.05) is 34.1 Å². The van der Waals surface area contributed by atoms with E-state index in [1.807, 2.05) is 42.5 Å². The Morgan fingerprint density at radius 1 is 1.15 bits per heavy atom. The molecule has 164 valence electrons. The Morgan fingerprint density at radius 3 is 2.67 bits per heavy atom. The van der Waals surface area contributed by atoms with Crippen molar-refractivity contribution in [1.82, 2.24) is 5.43 Å². The zero-order chi connectivity index (χ0) is 23.4. The third-order valence-corrected chi connectivity index (χ3v) is 6.71. The Morgan fingerprint density at radius 2 is 1.91 bits per heavy atom. The Labute approximate surface area is 225 Å². The molecule has 33 heavy (non-hydrogen) atoms. The third kappa shape index (κ3) is 5.74. The third-order valence-electron chi connectivity index (χ3n) is 4.61. The van der Waals surface area contributed by atoms with Crippen LogP contribution in [0.25, 0.3) is 11.0 Å². The van der Waals surface area contributed by atoms with Crippen molar-refractivity contribution in [1.29, 1.82) is 5.26 Å². The molecule has 0 atom stereocenters. The highest BCUT2D eigenvalue weighted by Crippen LogP contribution is 2.29. The van der Waals surface area contributed by atoms with Crippen molar-refractivity contribution >= 4 is 84.2 Å². The number of ether oxygens (including phenoxy) is 1. The van der Waals surface area contributed by atoms with Crippen LogP contribution in [0.4, 0.5) is 0 Å². The Bertz CT molecular complexity index is 1400. The van der Waals surface area contributed by atoms with E-state index in [0.717, 1.165) is 33.9 Å². The molecule has 3 aromatic carbocycles. The van der Waals surface area contributed by atoms with Gasteiger partial charge in [-0.05, 0) is 93.2 Å². The summed E-state index contributed by atoms with van der Waals surface area (Å²) in [7, 11) is 0.